The van der Waals surface area contributed by atoms with Gasteiger partial charge in [0.2, 0.25) is 0 Å². The zero-order valence-corrected chi connectivity index (χ0v) is 13.8. The quantitative estimate of drug-likeness (QED) is 0.814. The largest absolute Gasteiger partial charge is 0.497 e. The molecule has 22 heavy (non-hydrogen) atoms. The van der Waals surface area contributed by atoms with Crippen LogP contribution in [0.4, 0.5) is 0 Å². The van der Waals surface area contributed by atoms with E-state index in [1.54, 1.807) is 7.11 Å². The van der Waals surface area contributed by atoms with E-state index in [2.05, 4.69) is 61.2 Å². The van der Waals surface area contributed by atoms with E-state index in [9.17, 15) is 0 Å². The smallest absolute Gasteiger partial charge is 0.118 e. The molecule has 1 heterocycles. The summed E-state index contributed by atoms with van der Waals surface area (Å²) in [4.78, 5) is 2.60. The van der Waals surface area contributed by atoms with E-state index in [0.717, 1.165) is 12.3 Å². The van der Waals surface area contributed by atoms with Gasteiger partial charge in [0.05, 0.1) is 7.11 Å². The van der Waals surface area contributed by atoms with Crippen LogP contribution in [-0.4, -0.2) is 18.6 Å². The highest BCUT2D eigenvalue weighted by atomic mass is 16.5. The van der Waals surface area contributed by atoms with Gasteiger partial charge in [0.15, 0.2) is 0 Å². The third kappa shape index (κ3) is 3.17. The van der Waals surface area contributed by atoms with Crippen molar-refractivity contribution in [2.75, 3.05) is 13.7 Å². The molecular weight excluding hydrogens is 270 g/mol. The molecule has 0 saturated carbocycles. The van der Waals surface area contributed by atoms with E-state index in [4.69, 9.17) is 4.74 Å². The van der Waals surface area contributed by atoms with Crippen molar-refractivity contribution >= 4 is 0 Å². The fraction of sp³-hybridized carbons (Fsp3) is 0.400. The lowest BCUT2D eigenvalue weighted by Crippen LogP contribution is -2.22. The summed E-state index contributed by atoms with van der Waals surface area (Å²) >= 11 is 0. The van der Waals surface area contributed by atoms with Crippen molar-refractivity contribution in [3.8, 4) is 5.75 Å². The monoisotopic (exact) mass is 295 g/mol. The minimum Gasteiger partial charge on any atom is -0.497 e. The molecule has 0 bridgehead atoms. The van der Waals surface area contributed by atoms with Gasteiger partial charge in [-0.25, -0.2) is 0 Å². The van der Waals surface area contributed by atoms with Gasteiger partial charge in [0.25, 0.3) is 0 Å². The number of rotatable bonds is 4. The third-order valence-corrected chi connectivity index (χ3v) is 4.82. The lowest BCUT2D eigenvalue weighted by Gasteiger charge is -2.25. The van der Waals surface area contributed by atoms with Crippen LogP contribution in [0.25, 0.3) is 0 Å². The Kier molecular flexibility index (Phi) is 4.49. The highest BCUT2D eigenvalue weighted by Gasteiger charge is 2.25. The average Bonchev–Trinajstić information content (AvgIpc) is 2.99. The zero-order valence-electron chi connectivity index (χ0n) is 13.8. The highest BCUT2D eigenvalue weighted by molar-refractivity contribution is 5.31. The molecule has 0 radical (unpaired) electrons. The standard InChI is InChI=1S/C20H25NO/c1-15-6-7-17(13-16(15)2)14-21-12-4-5-20(21)18-8-10-19(22-3)11-9-18/h6-11,13,20H,4-5,12,14H2,1-3H3. The van der Waals surface area contributed by atoms with E-state index in [1.165, 1.54) is 41.6 Å². The molecule has 1 atom stereocenters. The molecule has 3 rings (SSSR count). The Bertz CT molecular complexity index is 633. The number of likely N-dealkylation sites (tertiary alicyclic amines) is 1. The third-order valence-electron chi connectivity index (χ3n) is 4.82. The predicted molar refractivity (Wildman–Crippen MR) is 91.3 cm³/mol. The van der Waals surface area contributed by atoms with E-state index in [0.29, 0.717) is 6.04 Å². The van der Waals surface area contributed by atoms with Crippen LogP contribution in [0, 0.1) is 13.8 Å². The maximum Gasteiger partial charge on any atom is 0.118 e. The van der Waals surface area contributed by atoms with Crippen LogP contribution in [0.2, 0.25) is 0 Å². The Morgan fingerprint density at radius 1 is 1.05 bits per heavy atom. The Morgan fingerprint density at radius 3 is 2.50 bits per heavy atom. The summed E-state index contributed by atoms with van der Waals surface area (Å²) in [5.41, 5.74) is 5.58. The summed E-state index contributed by atoms with van der Waals surface area (Å²) < 4.78 is 5.27. The summed E-state index contributed by atoms with van der Waals surface area (Å²) in [5, 5.41) is 0. The lowest BCUT2D eigenvalue weighted by molar-refractivity contribution is 0.248. The summed E-state index contributed by atoms with van der Waals surface area (Å²) in [6.07, 6.45) is 2.53. The number of methoxy groups -OCH3 is 1. The van der Waals surface area contributed by atoms with Crippen LogP contribution < -0.4 is 4.74 Å². The van der Waals surface area contributed by atoms with E-state index < -0.39 is 0 Å². The van der Waals surface area contributed by atoms with Crippen molar-refractivity contribution < 1.29 is 4.74 Å². The minimum absolute atomic E-state index is 0.535. The maximum absolute atomic E-state index is 5.27. The number of nitrogens with zero attached hydrogens (tertiary/aromatic N) is 1. The highest BCUT2D eigenvalue weighted by Crippen LogP contribution is 2.34. The Balaban J connectivity index is 1.75. The van der Waals surface area contributed by atoms with Crippen molar-refractivity contribution in [1.82, 2.24) is 4.90 Å². The Hall–Kier alpha value is -1.80. The van der Waals surface area contributed by atoms with E-state index in [-0.39, 0.29) is 0 Å². The molecule has 2 nitrogen and oxygen atoms in total. The average molecular weight is 295 g/mol. The summed E-state index contributed by atoms with van der Waals surface area (Å²) in [6.45, 7) is 6.60. The molecule has 116 valence electrons. The topological polar surface area (TPSA) is 12.5 Å². The SMILES string of the molecule is COc1ccc(C2CCCN2Cc2ccc(C)c(C)c2)cc1. The molecule has 0 aliphatic carbocycles. The van der Waals surface area contributed by atoms with Gasteiger partial charge in [-0.3, -0.25) is 4.90 Å². The van der Waals surface area contributed by atoms with Gasteiger partial charge in [0, 0.05) is 12.6 Å². The fourth-order valence-electron chi connectivity index (χ4n) is 3.36. The van der Waals surface area contributed by atoms with Gasteiger partial charge < -0.3 is 4.74 Å². The van der Waals surface area contributed by atoms with Crippen molar-refractivity contribution in [3.63, 3.8) is 0 Å². The first-order valence-corrected chi connectivity index (χ1v) is 8.11. The Labute approximate surface area is 133 Å². The second-order valence-corrected chi connectivity index (χ2v) is 6.32. The van der Waals surface area contributed by atoms with Crippen molar-refractivity contribution in [2.45, 2.75) is 39.3 Å². The first-order valence-electron chi connectivity index (χ1n) is 8.11. The van der Waals surface area contributed by atoms with Gasteiger partial charge >= 0.3 is 0 Å². The molecule has 0 amide bonds. The van der Waals surface area contributed by atoms with Crippen molar-refractivity contribution in [2.24, 2.45) is 0 Å². The van der Waals surface area contributed by atoms with E-state index >= 15 is 0 Å². The molecule has 1 fully saturated rings. The zero-order chi connectivity index (χ0) is 15.5. The van der Waals surface area contributed by atoms with Crippen LogP contribution in [0.1, 0.15) is 41.1 Å². The van der Waals surface area contributed by atoms with Gasteiger partial charge in [-0.05, 0) is 67.6 Å². The number of aryl methyl sites for hydroxylation is 2. The molecule has 1 unspecified atom stereocenters. The molecule has 1 saturated heterocycles. The van der Waals surface area contributed by atoms with Crippen molar-refractivity contribution in [3.05, 3.63) is 64.7 Å². The second kappa shape index (κ2) is 6.53. The number of hydrogen-bond acceptors (Lipinski definition) is 2. The molecule has 1 aliphatic rings. The Morgan fingerprint density at radius 2 is 1.82 bits per heavy atom. The molecule has 2 heteroatoms. The van der Waals surface area contributed by atoms with Gasteiger partial charge in [-0.2, -0.15) is 0 Å². The van der Waals surface area contributed by atoms with Gasteiger partial charge in [0.1, 0.15) is 5.75 Å². The molecule has 0 aromatic heterocycles. The normalized spacial score (nSPS) is 18.6. The molecule has 2 aromatic carbocycles. The van der Waals surface area contributed by atoms with Crippen molar-refractivity contribution in [1.29, 1.82) is 0 Å². The van der Waals surface area contributed by atoms with Crippen LogP contribution in [0.5, 0.6) is 5.75 Å². The molecule has 2 aromatic rings. The number of hydrogen-bond donors (Lipinski definition) is 0. The first-order chi connectivity index (χ1) is 10.7. The second-order valence-electron chi connectivity index (χ2n) is 6.32. The molecule has 0 spiro atoms. The maximum atomic E-state index is 5.27. The van der Waals surface area contributed by atoms with Crippen LogP contribution in [0.3, 0.4) is 0 Å². The summed E-state index contributed by atoms with van der Waals surface area (Å²) in [7, 11) is 1.72. The molecule has 0 N–H and O–H groups in total. The van der Waals surface area contributed by atoms with Gasteiger partial charge in [-0.1, -0.05) is 30.3 Å². The van der Waals surface area contributed by atoms with Gasteiger partial charge in [-0.15, -0.1) is 0 Å². The summed E-state index contributed by atoms with van der Waals surface area (Å²) in [6, 6.07) is 15.9. The summed E-state index contributed by atoms with van der Waals surface area (Å²) in [5.74, 6) is 0.933. The first kappa shape index (κ1) is 15.1. The number of benzene rings is 2. The molecule has 1 aliphatic heterocycles. The molecular formula is C20H25NO. The lowest BCUT2D eigenvalue weighted by atomic mass is 10.0. The van der Waals surface area contributed by atoms with Crippen LogP contribution in [-0.2, 0) is 6.54 Å². The minimum atomic E-state index is 0.535. The van der Waals surface area contributed by atoms with Crippen LogP contribution >= 0.6 is 0 Å². The number of ether oxygens (including phenoxy) is 1. The predicted octanol–water partition coefficient (Wildman–Crippen LogP) is 4.65. The van der Waals surface area contributed by atoms with Crippen LogP contribution in [0.15, 0.2) is 42.5 Å². The fourth-order valence-corrected chi connectivity index (χ4v) is 3.36. The van der Waals surface area contributed by atoms with E-state index in [1.807, 2.05) is 0 Å².